The van der Waals surface area contributed by atoms with Gasteiger partial charge < -0.3 is 10.2 Å². The summed E-state index contributed by atoms with van der Waals surface area (Å²) in [5.41, 5.74) is 0. The van der Waals surface area contributed by atoms with E-state index in [1.54, 1.807) is 6.92 Å². The van der Waals surface area contributed by atoms with Gasteiger partial charge in [-0.2, -0.15) is 13.2 Å². The maximum absolute atomic E-state index is 10.6. The molecule has 17 heavy (non-hydrogen) atoms. The van der Waals surface area contributed by atoms with Crippen molar-refractivity contribution in [2.24, 2.45) is 0 Å². The number of carboxylic acid groups (broad SMARTS) is 1. The van der Waals surface area contributed by atoms with Crippen LogP contribution in [0.5, 0.6) is 0 Å². The van der Waals surface area contributed by atoms with Gasteiger partial charge in [0.05, 0.1) is 0 Å². The van der Waals surface area contributed by atoms with Gasteiger partial charge in [-0.05, 0) is 6.92 Å². The number of carbonyl (C=O) groups is 1. The third kappa shape index (κ3) is 31.3. The molecule has 0 amide bonds. The molecule has 0 saturated heterocycles. The molecule has 0 heterocycles. The number of hydrogen-bond donors (Lipinski definition) is 2. The number of halogens is 3. The van der Waals surface area contributed by atoms with Gasteiger partial charge in [0.15, 0.2) is 0 Å². The van der Waals surface area contributed by atoms with Gasteiger partial charge in [-0.1, -0.05) is 46.0 Å². The Bertz CT molecular complexity index is 155. The zero-order chi connectivity index (χ0) is 14.3. The highest BCUT2D eigenvalue weighted by Gasteiger charge is 2.38. The van der Waals surface area contributed by atoms with Gasteiger partial charge in [0.25, 0.3) is 0 Å². The molecule has 0 fully saturated rings. The quantitative estimate of drug-likeness (QED) is 0.759. The van der Waals surface area contributed by atoms with E-state index < -0.39 is 12.1 Å². The minimum absolute atomic E-state index is 0.250. The third-order valence-corrected chi connectivity index (χ3v) is 1.45. The summed E-state index contributed by atoms with van der Waals surface area (Å²) in [7, 11) is 0. The van der Waals surface area contributed by atoms with E-state index in [-0.39, 0.29) is 6.61 Å². The van der Waals surface area contributed by atoms with Crippen molar-refractivity contribution in [2.45, 2.75) is 59.1 Å². The number of alkyl halides is 3. The first kappa shape index (κ1) is 21.5. The second-order valence-corrected chi connectivity index (χ2v) is 3.18. The average Bonchev–Trinajstić information content (AvgIpc) is 2.19. The average molecular weight is 260 g/mol. The molecule has 0 aromatic carbocycles. The molecule has 0 aliphatic carbocycles. The van der Waals surface area contributed by atoms with Crippen LogP contribution in [0.4, 0.5) is 13.2 Å². The Kier molecular flexibility index (Phi) is 19.2. The molecular weight excluding hydrogens is 237 g/mol. The minimum atomic E-state index is -5.08. The predicted octanol–water partition coefficient (Wildman–Crippen LogP) is 3.61. The van der Waals surface area contributed by atoms with E-state index in [1.165, 1.54) is 32.1 Å². The molecular formula is C11H23F3O3. The Morgan fingerprint density at radius 3 is 1.35 bits per heavy atom. The largest absolute Gasteiger partial charge is 0.490 e. The number of aliphatic carboxylic acids is 1. The normalized spacial score (nSPS) is 9.59. The first-order valence-electron chi connectivity index (χ1n) is 5.68. The zero-order valence-electron chi connectivity index (χ0n) is 10.7. The maximum atomic E-state index is 10.6. The van der Waals surface area contributed by atoms with Crippen LogP contribution in [0.1, 0.15) is 52.9 Å². The number of carboxylic acids is 1. The molecule has 6 heteroatoms. The van der Waals surface area contributed by atoms with Crippen LogP contribution in [-0.4, -0.2) is 29.0 Å². The summed E-state index contributed by atoms with van der Waals surface area (Å²) in [6.07, 6.45) is 1.93. The van der Waals surface area contributed by atoms with Gasteiger partial charge in [-0.25, -0.2) is 4.79 Å². The van der Waals surface area contributed by atoms with Gasteiger partial charge in [-0.3, -0.25) is 0 Å². The molecule has 106 valence electrons. The minimum Gasteiger partial charge on any atom is -0.475 e. The Hall–Kier alpha value is -0.780. The van der Waals surface area contributed by atoms with Crippen molar-refractivity contribution in [1.29, 1.82) is 0 Å². The summed E-state index contributed by atoms with van der Waals surface area (Å²) in [5.74, 6) is -2.76. The van der Waals surface area contributed by atoms with Crippen LogP contribution in [-0.2, 0) is 4.79 Å². The SMILES string of the molecule is CCCCCCC.CCO.O=C(O)C(F)(F)F. The summed E-state index contributed by atoms with van der Waals surface area (Å²) in [4.78, 5) is 8.90. The van der Waals surface area contributed by atoms with Crippen LogP contribution in [0.25, 0.3) is 0 Å². The van der Waals surface area contributed by atoms with Crippen molar-refractivity contribution >= 4 is 5.97 Å². The molecule has 0 aromatic rings. The van der Waals surface area contributed by atoms with Crippen LogP contribution in [0.3, 0.4) is 0 Å². The van der Waals surface area contributed by atoms with E-state index in [1.807, 2.05) is 0 Å². The smallest absolute Gasteiger partial charge is 0.475 e. The van der Waals surface area contributed by atoms with E-state index in [0.717, 1.165) is 0 Å². The fourth-order valence-corrected chi connectivity index (χ4v) is 0.677. The molecule has 0 bridgehead atoms. The van der Waals surface area contributed by atoms with Gasteiger partial charge >= 0.3 is 12.1 Å². The van der Waals surface area contributed by atoms with Crippen molar-refractivity contribution in [1.82, 2.24) is 0 Å². The first-order chi connectivity index (χ1) is 7.77. The highest BCUT2D eigenvalue weighted by Crippen LogP contribution is 2.13. The Labute approximate surface area is 101 Å². The topological polar surface area (TPSA) is 57.5 Å². The van der Waals surface area contributed by atoms with Crippen LogP contribution in [0.15, 0.2) is 0 Å². The standard InChI is InChI=1S/C7H16.C2HF3O2.C2H6O/c1-3-5-7-6-4-2;3-2(4,5)1(6)7;1-2-3/h3-7H2,1-2H3;(H,6,7);3H,2H2,1H3. The number of rotatable bonds is 4. The van der Waals surface area contributed by atoms with E-state index >= 15 is 0 Å². The summed E-state index contributed by atoms with van der Waals surface area (Å²) >= 11 is 0. The molecule has 0 atom stereocenters. The Morgan fingerprint density at radius 2 is 1.24 bits per heavy atom. The van der Waals surface area contributed by atoms with Gasteiger partial charge in [0.1, 0.15) is 0 Å². The van der Waals surface area contributed by atoms with Gasteiger partial charge in [0.2, 0.25) is 0 Å². The van der Waals surface area contributed by atoms with Crippen LogP contribution >= 0.6 is 0 Å². The highest BCUT2D eigenvalue weighted by molar-refractivity contribution is 5.73. The number of unbranched alkanes of at least 4 members (excludes halogenated alkanes) is 4. The molecule has 0 aliphatic heterocycles. The zero-order valence-corrected chi connectivity index (χ0v) is 10.7. The number of aliphatic hydroxyl groups is 1. The number of aliphatic hydroxyl groups excluding tert-OH is 1. The second-order valence-electron chi connectivity index (χ2n) is 3.18. The van der Waals surface area contributed by atoms with Crippen LogP contribution in [0.2, 0.25) is 0 Å². The molecule has 0 aromatic heterocycles. The van der Waals surface area contributed by atoms with Crippen molar-refractivity contribution in [3.05, 3.63) is 0 Å². The summed E-state index contributed by atoms with van der Waals surface area (Å²) in [6, 6.07) is 0. The Morgan fingerprint density at radius 1 is 1.00 bits per heavy atom. The lowest BCUT2D eigenvalue weighted by Gasteiger charge is -1.93. The predicted molar refractivity (Wildman–Crippen MR) is 60.9 cm³/mol. The molecule has 0 aliphatic rings. The monoisotopic (exact) mass is 260 g/mol. The molecule has 0 rings (SSSR count). The highest BCUT2D eigenvalue weighted by atomic mass is 19.4. The number of hydrogen-bond acceptors (Lipinski definition) is 2. The van der Waals surface area contributed by atoms with E-state index in [9.17, 15) is 13.2 Å². The lowest BCUT2D eigenvalue weighted by Crippen LogP contribution is -2.21. The fourth-order valence-electron chi connectivity index (χ4n) is 0.677. The maximum Gasteiger partial charge on any atom is 0.490 e. The van der Waals surface area contributed by atoms with Crippen molar-refractivity contribution in [3.63, 3.8) is 0 Å². The first-order valence-corrected chi connectivity index (χ1v) is 5.68. The molecule has 2 N–H and O–H groups in total. The third-order valence-electron chi connectivity index (χ3n) is 1.45. The summed E-state index contributed by atoms with van der Waals surface area (Å²) in [6.45, 7) is 6.42. The van der Waals surface area contributed by atoms with E-state index in [0.29, 0.717) is 0 Å². The van der Waals surface area contributed by atoms with Crippen molar-refractivity contribution in [3.8, 4) is 0 Å². The van der Waals surface area contributed by atoms with Crippen molar-refractivity contribution in [2.75, 3.05) is 6.61 Å². The second kappa shape index (κ2) is 15.2. The van der Waals surface area contributed by atoms with Gasteiger partial charge in [-0.15, -0.1) is 0 Å². The van der Waals surface area contributed by atoms with Crippen LogP contribution < -0.4 is 0 Å². The lowest BCUT2D eigenvalue weighted by atomic mass is 10.2. The molecule has 3 nitrogen and oxygen atoms in total. The molecule has 0 spiro atoms. The van der Waals surface area contributed by atoms with Crippen molar-refractivity contribution < 1.29 is 28.2 Å². The van der Waals surface area contributed by atoms with Gasteiger partial charge in [0, 0.05) is 6.61 Å². The van der Waals surface area contributed by atoms with E-state index in [2.05, 4.69) is 13.8 Å². The fraction of sp³-hybridized carbons (Fsp3) is 0.909. The summed E-state index contributed by atoms with van der Waals surface area (Å²) < 4.78 is 31.7. The lowest BCUT2D eigenvalue weighted by molar-refractivity contribution is -0.192. The van der Waals surface area contributed by atoms with E-state index in [4.69, 9.17) is 15.0 Å². The van der Waals surface area contributed by atoms with Crippen LogP contribution in [0, 0.1) is 0 Å². The molecule has 0 unspecified atom stereocenters. The molecule has 0 radical (unpaired) electrons. The summed E-state index contributed by atoms with van der Waals surface area (Å²) in [5, 5.41) is 14.7. The molecule has 0 saturated carbocycles. The Balaban J connectivity index is -0.000000188.